The monoisotopic (exact) mass is 295 g/mol. The van der Waals surface area contributed by atoms with Crippen molar-refractivity contribution in [1.82, 2.24) is 4.90 Å². The molecule has 110 valence electrons. The summed E-state index contributed by atoms with van der Waals surface area (Å²) in [4.78, 5) is 37.2. The van der Waals surface area contributed by atoms with Crippen LogP contribution in [0.1, 0.15) is 26.3 Å². The molecule has 1 aliphatic rings. The van der Waals surface area contributed by atoms with E-state index in [4.69, 9.17) is 4.74 Å². The maximum Gasteiger partial charge on any atom is 0.331 e. The highest BCUT2D eigenvalue weighted by atomic mass is 16.5. The van der Waals surface area contributed by atoms with E-state index in [1.54, 1.807) is 42.5 Å². The molecule has 1 heterocycles. The van der Waals surface area contributed by atoms with Crippen LogP contribution in [0.5, 0.6) is 5.75 Å². The molecule has 5 heteroatoms. The summed E-state index contributed by atoms with van der Waals surface area (Å²) in [6.45, 7) is 1.47. The van der Waals surface area contributed by atoms with Gasteiger partial charge in [0.1, 0.15) is 12.3 Å². The summed E-state index contributed by atoms with van der Waals surface area (Å²) < 4.78 is 5.17. The van der Waals surface area contributed by atoms with Crippen LogP contribution in [0, 0.1) is 6.92 Å². The van der Waals surface area contributed by atoms with Gasteiger partial charge in [0.2, 0.25) is 0 Å². The molecule has 5 nitrogen and oxygen atoms in total. The van der Waals surface area contributed by atoms with E-state index in [0.29, 0.717) is 16.9 Å². The molecular formula is C17H13NO4. The number of amides is 2. The molecule has 0 unspecified atom stereocenters. The van der Waals surface area contributed by atoms with E-state index in [1.165, 1.54) is 0 Å². The van der Waals surface area contributed by atoms with Crippen molar-refractivity contribution in [1.29, 1.82) is 0 Å². The van der Waals surface area contributed by atoms with Gasteiger partial charge >= 0.3 is 5.97 Å². The van der Waals surface area contributed by atoms with Crippen molar-refractivity contribution in [2.75, 3.05) is 6.54 Å². The van der Waals surface area contributed by atoms with Gasteiger partial charge in [-0.3, -0.25) is 14.5 Å². The standard InChI is InChI=1S/C17H13NO4/c1-11-5-4-6-12(9-11)22-15(19)10-18-16(20)13-7-2-3-8-14(13)17(18)21/h2-9H,10H2,1H3. The quantitative estimate of drug-likeness (QED) is 0.495. The van der Waals surface area contributed by atoms with Crippen molar-refractivity contribution < 1.29 is 19.1 Å². The van der Waals surface area contributed by atoms with Crippen molar-refractivity contribution in [2.24, 2.45) is 0 Å². The van der Waals surface area contributed by atoms with Crippen LogP contribution < -0.4 is 4.74 Å². The number of esters is 1. The number of nitrogens with zero attached hydrogens (tertiary/aromatic N) is 1. The Morgan fingerprint density at radius 1 is 1.00 bits per heavy atom. The molecule has 0 saturated heterocycles. The van der Waals surface area contributed by atoms with E-state index < -0.39 is 24.3 Å². The van der Waals surface area contributed by atoms with E-state index in [2.05, 4.69) is 0 Å². The van der Waals surface area contributed by atoms with Crippen LogP contribution in [0.3, 0.4) is 0 Å². The fraction of sp³-hybridized carbons (Fsp3) is 0.118. The van der Waals surface area contributed by atoms with Crippen molar-refractivity contribution >= 4 is 17.8 Å². The normalized spacial score (nSPS) is 13.2. The Morgan fingerprint density at radius 2 is 1.64 bits per heavy atom. The summed E-state index contributed by atoms with van der Waals surface area (Å²) in [6, 6.07) is 13.5. The number of hydrogen-bond acceptors (Lipinski definition) is 4. The lowest BCUT2D eigenvalue weighted by Gasteiger charge is -2.13. The van der Waals surface area contributed by atoms with Gasteiger partial charge in [-0.2, -0.15) is 0 Å². The molecule has 2 amide bonds. The van der Waals surface area contributed by atoms with Crippen molar-refractivity contribution in [3.05, 3.63) is 65.2 Å². The number of fused-ring (bicyclic) bond motifs is 1. The summed E-state index contributed by atoms with van der Waals surface area (Å²) in [5.74, 6) is -1.20. The minimum absolute atomic E-state index is 0.316. The Morgan fingerprint density at radius 3 is 2.23 bits per heavy atom. The summed E-state index contributed by atoms with van der Waals surface area (Å²) in [5, 5.41) is 0. The van der Waals surface area contributed by atoms with Gasteiger partial charge in [0.25, 0.3) is 11.8 Å². The van der Waals surface area contributed by atoms with Crippen LogP contribution in [-0.2, 0) is 4.79 Å². The lowest BCUT2D eigenvalue weighted by Crippen LogP contribution is -2.36. The van der Waals surface area contributed by atoms with E-state index in [9.17, 15) is 14.4 Å². The van der Waals surface area contributed by atoms with Crippen molar-refractivity contribution in [2.45, 2.75) is 6.92 Å². The van der Waals surface area contributed by atoms with Gasteiger partial charge in [0.05, 0.1) is 11.1 Å². The third-order valence-electron chi connectivity index (χ3n) is 3.39. The molecule has 1 aliphatic heterocycles. The van der Waals surface area contributed by atoms with E-state index in [-0.39, 0.29) is 0 Å². The Bertz CT molecular complexity index is 747. The molecule has 0 saturated carbocycles. The second-order valence-electron chi connectivity index (χ2n) is 5.03. The number of rotatable bonds is 3. The van der Waals surface area contributed by atoms with Crippen LogP contribution in [0.2, 0.25) is 0 Å². The van der Waals surface area contributed by atoms with Crippen LogP contribution in [0.4, 0.5) is 0 Å². The van der Waals surface area contributed by atoms with Crippen LogP contribution in [0.15, 0.2) is 48.5 Å². The van der Waals surface area contributed by atoms with Crippen LogP contribution in [0.25, 0.3) is 0 Å². The smallest absolute Gasteiger partial charge is 0.331 e. The lowest BCUT2D eigenvalue weighted by atomic mass is 10.1. The first kappa shape index (κ1) is 14.0. The summed E-state index contributed by atoms with van der Waals surface area (Å²) >= 11 is 0. The third-order valence-corrected chi connectivity index (χ3v) is 3.39. The first-order chi connectivity index (χ1) is 10.6. The molecule has 0 atom stereocenters. The highest BCUT2D eigenvalue weighted by Crippen LogP contribution is 2.22. The average molecular weight is 295 g/mol. The molecule has 3 rings (SSSR count). The summed E-state index contributed by atoms with van der Waals surface area (Å²) in [7, 11) is 0. The highest BCUT2D eigenvalue weighted by molar-refractivity contribution is 6.22. The first-order valence-corrected chi connectivity index (χ1v) is 6.79. The molecule has 0 fully saturated rings. The Kier molecular flexibility index (Phi) is 3.47. The van der Waals surface area contributed by atoms with Gasteiger partial charge in [-0.1, -0.05) is 24.3 Å². The van der Waals surface area contributed by atoms with Gasteiger partial charge in [0, 0.05) is 0 Å². The number of carbonyl (C=O) groups excluding carboxylic acids is 3. The minimum atomic E-state index is -0.653. The van der Waals surface area contributed by atoms with Crippen LogP contribution >= 0.6 is 0 Å². The van der Waals surface area contributed by atoms with Gasteiger partial charge < -0.3 is 4.74 Å². The SMILES string of the molecule is Cc1cccc(OC(=O)CN2C(=O)c3ccccc3C2=O)c1. The van der Waals surface area contributed by atoms with Crippen LogP contribution in [-0.4, -0.2) is 29.2 Å². The third kappa shape index (κ3) is 2.48. The molecule has 22 heavy (non-hydrogen) atoms. The highest BCUT2D eigenvalue weighted by Gasteiger charge is 2.36. The molecule has 0 aromatic heterocycles. The summed E-state index contributed by atoms with van der Waals surface area (Å²) in [5.41, 5.74) is 1.58. The fourth-order valence-corrected chi connectivity index (χ4v) is 2.35. The average Bonchev–Trinajstić information content (AvgIpc) is 2.73. The number of carbonyl (C=O) groups is 3. The largest absolute Gasteiger partial charge is 0.425 e. The fourth-order valence-electron chi connectivity index (χ4n) is 2.35. The molecule has 0 aliphatic carbocycles. The molecule has 2 aromatic rings. The van der Waals surface area contributed by atoms with E-state index >= 15 is 0 Å². The molecule has 0 radical (unpaired) electrons. The van der Waals surface area contributed by atoms with Gasteiger partial charge in [-0.15, -0.1) is 0 Å². The Balaban J connectivity index is 1.73. The molecular weight excluding hydrogens is 282 g/mol. The van der Waals surface area contributed by atoms with Gasteiger partial charge in [-0.25, -0.2) is 4.79 Å². The number of aryl methyl sites for hydroxylation is 1. The molecule has 0 bridgehead atoms. The summed E-state index contributed by atoms with van der Waals surface area (Å²) in [6.07, 6.45) is 0. The topological polar surface area (TPSA) is 63.7 Å². The number of benzene rings is 2. The second kappa shape index (κ2) is 5.44. The maximum atomic E-state index is 12.1. The maximum absolute atomic E-state index is 12.1. The first-order valence-electron chi connectivity index (χ1n) is 6.79. The van der Waals surface area contributed by atoms with E-state index in [0.717, 1.165) is 10.5 Å². The van der Waals surface area contributed by atoms with Crippen molar-refractivity contribution in [3.63, 3.8) is 0 Å². The number of ether oxygens (including phenoxy) is 1. The predicted octanol–water partition coefficient (Wildman–Crippen LogP) is 2.20. The Labute approximate surface area is 127 Å². The predicted molar refractivity (Wildman–Crippen MR) is 78.6 cm³/mol. The lowest BCUT2D eigenvalue weighted by molar-refractivity contribution is -0.134. The van der Waals surface area contributed by atoms with Crippen molar-refractivity contribution in [3.8, 4) is 5.75 Å². The number of hydrogen-bond donors (Lipinski definition) is 0. The zero-order chi connectivity index (χ0) is 15.7. The zero-order valence-corrected chi connectivity index (χ0v) is 11.9. The molecule has 0 spiro atoms. The van der Waals surface area contributed by atoms with Gasteiger partial charge in [-0.05, 0) is 36.8 Å². The minimum Gasteiger partial charge on any atom is -0.425 e. The Hall–Kier alpha value is -2.95. The van der Waals surface area contributed by atoms with Gasteiger partial charge in [0.15, 0.2) is 0 Å². The molecule has 2 aromatic carbocycles. The van der Waals surface area contributed by atoms with E-state index in [1.807, 2.05) is 13.0 Å². The second-order valence-corrected chi connectivity index (χ2v) is 5.03. The molecule has 0 N–H and O–H groups in total. The number of imide groups is 1. The zero-order valence-electron chi connectivity index (χ0n) is 11.9.